The third kappa shape index (κ3) is 3.64. The van der Waals surface area contributed by atoms with Gasteiger partial charge >= 0.3 is 0 Å². The molecule has 0 aliphatic heterocycles. The van der Waals surface area contributed by atoms with Crippen molar-refractivity contribution in [1.29, 1.82) is 0 Å². The Morgan fingerprint density at radius 2 is 2.40 bits per heavy atom. The molecule has 2 aromatic heterocycles. The monoisotopic (exact) mass is 278 g/mol. The van der Waals surface area contributed by atoms with Gasteiger partial charge in [-0.1, -0.05) is 23.7 Å². The summed E-state index contributed by atoms with van der Waals surface area (Å²) >= 11 is 0. The zero-order valence-corrected chi connectivity index (χ0v) is 11.5. The molecule has 0 bridgehead atoms. The Hall–Kier alpha value is -2.22. The summed E-state index contributed by atoms with van der Waals surface area (Å²) in [6, 6.07) is 1.50. The van der Waals surface area contributed by atoms with E-state index in [0.717, 1.165) is 12.8 Å². The van der Waals surface area contributed by atoms with Gasteiger partial charge in [0.2, 0.25) is 11.8 Å². The Labute approximate surface area is 116 Å². The molecule has 1 atom stereocenters. The van der Waals surface area contributed by atoms with Crippen LogP contribution in [0.3, 0.4) is 0 Å². The molecule has 2 aromatic rings. The lowest BCUT2D eigenvalue weighted by molar-refractivity contribution is -0.117. The molecule has 0 saturated carbocycles. The highest BCUT2D eigenvalue weighted by Crippen LogP contribution is 2.12. The Morgan fingerprint density at radius 1 is 1.60 bits per heavy atom. The fourth-order valence-corrected chi connectivity index (χ4v) is 1.77. The molecule has 8 nitrogen and oxygen atoms in total. The van der Waals surface area contributed by atoms with Gasteiger partial charge in [-0.05, 0) is 13.3 Å². The highest BCUT2D eigenvalue weighted by molar-refractivity contribution is 5.89. The second-order valence-electron chi connectivity index (χ2n) is 4.62. The van der Waals surface area contributed by atoms with Gasteiger partial charge in [-0.3, -0.25) is 10.1 Å². The normalized spacial score (nSPS) is 12.3. The molecular formula is C12H18N6O2. The van der Waals surface area contributed by atoms with Gasteiger partial charge < -0.3 is 10.3 Å². The molecule has 1 amide bonds. The summed E-state index contributed by atoms with van der Waals surface area (Å²) in [5.74, 6) is 0.0530. The SMILES string of the molecule is CCCC(N)c1cn(CC(=O)Nc2cc(C)no2)nn1. The first-order chi connectivity index (χ1) is 9.58. The van der Waals surface area contributed by atoms with Crippen molar-refractivity contribution >= 4 is 11.8 Å². The number of carbonyl (C=O) groups is 1. The zero-order chi connectivity index (χ0) is 14.5. The second-order valence-corrected chi connectivity index (χ2v) is 4.62. The summed E-state index contributed by atoms with van der Waals surface area (Å²) in [4.78, 5) is 11.8. The van der Waals surface area contributed by atoms with Crippen LogP contribution in [-0.4, -0.2) is 26.1 Å². The summed E-state index contributed by atoms with van der Waals surface area (Å²) in [6.45, 7) is 3.88. The molecule has 0 radical (unpaired) electrons. The molecular weight excluding hydrogens is 260 g/mol. The molecule has 1 unspecified atom stereocenters. The molecule has 108 valence electrons. The molecule has 0 aliphatic carbocycles. The van der Waals surface area contributed by atoms with Gasteiger partial charge in [0.1, 0.15) is 6.54 Å². The van der Waals surface area contributed by atoms with Crippen molar-refractivity contribution in [2.75, 3.05) is 5.32 Å². The van der Waals surface area contributed by atoms with Gasteiger partial charge in [-0.2, -0.15) is 0 Å². The van der Waals surface area contributed by atoms with Crippen molar-refractivity contribution in [3.05, 3.63) is 23.7 Å². The topological polar surface area (TPSA) is 112 Å². The summed E-state index contributed by atoms with van der Waals surface area (Å²) in [6.07, 6.45) is 3.49. The largest absolute Gasteiger partial charge is 0.338 e. The molecule has 8 heteroatoms. The third-order valence-corrected chi connectivity index (χ3v) is 2.73. The van der Waals surface area contributed by atoms with Gasteiger partial charge in [-0.15, -0.1) is 5.10 Å². The van der Waals surface area contributed by atoms with E-state index in [2.05, 4.69) is 27.7 Å². The van der Waals surface area contributed by atoms with E-state index >= 15 is 0 Å². The lowest BCUT2D eigenvalue weighted by Crippen LogP contribution is -2.18. The molecule has 0 fully saturated rings. The molecule has 20 heavy (non-hydrogen) atoms. The van der Waals surface area contributed by atoms with Crippen molar-refractivity contribution in [3.8, 4) is 0 Å². The lowest BCUT2D eigenvalue weighted by Gasteiger charge is -2.04. The minimum absolute atomic E-state index is 0.0472. The number of aryl methyl sites for hydroxylation is 1. The maximum atomic E-state index is 11.8. The van der Waals surface area contributed by atoms with Gasteiger partial charge in [0.15, 0.2) is 0 Å². The number of aromatic nitrogens is 4. The first-order valence-corrected chi connectivity index (χ1v) is 6.47. The van der Waals surface area contributed by atoms with Crippen molar-refractivity contribution in [3.63, 3.8) is 0 Å². The Morgan fingerprint density at radius 3 is 3.05 bits per heavy atom. The van der Waals surface area contributed by atoms with Crippen molar-refractivity contribution in [2.45, 2.75) is 39.3 Å². The Bertz CT molecular complexity index is 576. The lowest BCUT2D eigenvalue weighted by atomic mass is 10.1. The predicted molar refractivity (Wildman–Crippen MR) is 71.7 cm³/mol. The first-order valence-electron chi connectivity index (χ1n) is 6.47. The number of hydrogen-bond donors (Lipinski definition) is 2. The van der Waals surface area contributed by atoms with E-state index in [0.29, 0.717) is 17.3 Å². The molecule has 0 saturated heterocycles. The molecule has 2 rings (SSSR count). The number of rotatable bonds is 6. The number of nitrogens with two attached hydrogens (primary N) is 1. The highest BCUT2D eigenvalue weighted by atomic mass is 16.5. The van der Waals surface area contributed by atoms with Crippen LogP contribution in [0.5, 0.6) is 0 Å². The number of nitrogens with zero attached hydrogens (tertiary/aromatic N) is 4. The van der Waals surface area contributed by atoms with Crippen molar-refractivity contribution in [1.82, 2.24) is 20.2 Å². The van der Waals surface area contributed by atoms with Gasteiger partial charge in [0.05, 0.1) is 23.6 Å². The summed E-state index contributed by atoms with van der Waals surface area (Å²) in [7, 11) is 0. The predicted octanol–water partition coefficient (Wildman–Crippen LogP) is 1.01. The summed E-state index contributed by atoms with van der Waals surface area (Å²) in [5, 5.41) is 14.1. The van der Waals surface area contributed by atoms with Gasteiger partial charge in [-0.25, -0.2) is 4.68 Å². The fourth-order valence-electron chi connectivity index (χ4n) is 1.77. The molecule has 3 N–H and O–H groups in total. The van der Waals surface area contributed by atoms with Crippen LogP contribution in [0.25, 0.3) is 0 Å². The molecule has 0 aliphatic rings. The average molecular weight is 278 g/mol. The van der Waals surface area contributed by atoms with E-state index in [9.17, 15) is 4.79 Å². The van der Waals surface area contributed by atoms with Crippen molar-refractivity contribution in [2.24, 2.45) is 5.73 Å². The molecule has 0 spiro atoms. The van der Waals surface area contributed by atoms with Crippen LogP contribution in [0.1, 0.15) is 37.2 Å². The van der Waals surface area contributed by atoms with Crippen LogP contribution in [0, 0.1) is 6.92 Å². The number of nitrogens with one attached hydrogen (secondary N) is 1. The maximum Gasteiger partial charge on any atom is 0.248 e. The van der Waals surface area contributed by atoms with Crippen LogP contribution in [0.4, 0.5) is 5.88 Å². The van der Waals surface area contributed by atoms with Gasteiger partial charge in [0, 0.05) is 6.07 Å². The number of anilines is 1. The van der Waals surface area contributed by atoms with Crippen molar-refractivity contribution < 1.29 is 9.32 Å². The minimum atomic E-state index is -0.262. The smallest absolute Gasteiger partial charge is 0.248 e. The number of amides is 1. The first kappa shape index (κ1) is 14.2. The summed E-state index contributed by atoms with van der Waals surface area (Å²) in [5.41, 5.74) is 7.33. The number of carbonyl (C=O) groups excluding carboxylic acids is 1. The fraction of sp³-hybridized carbons (Fsp3) is 0.500. The summed E-state index contributed by atoms with van der Waals surface area (Å²) < 4.78 is 6.35. The van der Waals surface area contributed by atoms with E-state index < -0.39 is 0 Å². The quantitative estimate of drug-likeness (QED) is 0.815. The standard InChI is InChI=1S/C12H18N6O2/c1-3-4-9(13)10-6-18(17-15-10)7-11(19)14-12-5-8(2)16-20-12/h5-6,9H,3-4,7,13H2,1-2H3,(H,14,19). The van der Waals surface area contributed by atoms with Crippen LogP contribution in [0.15, 0.2) is 16.8 Å². The second kappa shape index (κ2) is 6.29. The van der Waals surface area contributed by atoms with E-state index in [4.69, 9.17) is 10.3 Å². The third-order valence-electron chi connectivity index (χ3n) is 2.73. The number of hydrogen-bond acceptors (Lipinski definition) is 6. The van der Waals surface area contributed by atoms with E-state index in [1.54, 1.807) is 19.2 Å². The molecule has 0 aromatic carbocycles. The van der Waals surface area contributed by atoms with Crippen LogP contribution in [-0.2, 0) is 11.3 Å². The van der Waals surface area contributed by atoms with E-state index in [1.165, 1.54) is 4.68 Å². The minimum Gasteiger partial charge on any atom is -0.338 e. The maximum absolute atomic E-state index is 11.8. The zero-order valence-electron chi connectivity index (χ0n) is 11.5. The van der Waals surface area contributed by atoms with Crippen LogP contribution < -0.4 is 11.1 Å². The van der Waals surface area contributed by atoms with Gasteiger partial charge in [0.25, 0.3) is 0 Å². The Kier molecular flexibility index (Phi) is 4.46. The van der Waals surface area contributed by atoms with Crippen LogP contribution in [0.2, 0.25) is 0 Å². The average Bonchev–Trinajstić information content (AvgIpc) is 2.99. The van der Waals surface area contributed by atoms with E-state index in [-0.39, 0.29) is 18.5 Å². The molecule has 2 heterocycles. The van der Waals surface area contributed by atoms with E-state index in [1.807, 2.05) is 0 Å². The van der Waals surface area contributed by atoms with Crippen LogP contribution >= 0.6 is 0 Å². The Balaban J connectivity index is 1.91. The highest BCUT2D eigenvalue weighted by Gasteiger charge is 2.12.